The van der Waals surface area contributed by atoms with E-state index in [-0.39, 0.29) is 17.9 Å². The van der Waals surface area contributed by atoms with Crippen molar-refractivity contribution in [1.29, 1.82) is 0 Å². The van der Waals surface area contributed by atoms with Gasteiger partial charge in [0.1, 0.15) is 5.75 Å². The Kier molecular flexibility index (Phi) is 7.39. The fourth-order valence-corrected chi connectivity index (χ4v) is 3.55. The molecule has 0 aromatic heterocycles. The van der Waals surface area contributed by atoms with Gasteiger partial charge in [-0.05, 0) is 35.9 Å². The highest BCUT2D eigenvalue weighted by atomic mass is 16.6. The summed E-state index contributed by atoms with van der Waals surface area (Å²) >= 11 is 0. The molecule has 2 aromatic rings. The van der Waals surface area contributed by atoms with E-state index in [0.717, 1.165) is 22.6 Å². The van der Waals surface area contributed by atoms with Gasteiger partial charge in [0, 0.05) is 24.4 Å². The maximum atomic E-state index is 12.9. The topological polar surface area (TPSA) is 69.6 Å². The fourth-order valence-electron chi connectivity index (χ4n) is 3.55. The molecular formula is C24H30N2O5. The van der Waals surface area contributed by atoms with Crippen LogP contribution in [-0.2, 0) is 16.2 Å². The fraction of sp³-hybridized carbons (Fsp3) is 0.417. The number of hydrogen-bond donors (Lipinski definition) is 0. The minimum atomic E-state index is -0.212. The lowest BCUT2D eigenvalue weighted by molar-refractivity contribution is -0.136. The number of hydrogen-bond acceptors (Lipinski definition) is 6. The van der Waals surface area contributed by atoms with Crippen molar-refractivity contribution in [2.24, 2.45) is 11.1 Å². The van der Waals surface area contributed by atoms with Gasteiger partial charge in [-0.15, -0.1) is 0 Å². The number of amides is 1. The zero-order valence-corrected chi connectivity index (χ0v) is 18.8. The van der Waals surface area contributed by atoms with E-state index in [2.05, 4.69) is 5.16 Å². The highest BCUT2D eigenvalue weighted by Gasteiger charge is 2.28. The van der Waals surface area contributed by atoms with Crippen LogP contribution in [0.15, 0.2) is 47.6 Å². The molecule has 1 aliphatic heterocycles. The zero-order valence-electron chi connectivity index (χ0n) is 18.8. The highest BCUT2D eigenvalue weighted by Crippen LogP contribution is 2.30. The number of carbonyl (C=O) groups is 1. The van der Waals surface area contributed by atoms with Gasteiger partial charge >= 0.3 is 0 Å². The Morgan fingerprint density at radius 2 is 1.87 bits per heavy atom. The second-order valence-electron chi connectivity index (χ2n) is 7.76. The predicted molar refractivity (Wildman–Crippen MR) is 119 cm³/mol. The first kappa shape index (κ1) is 22.5. The molecule has 3 rings (SSSR count). The third-order valence-electron chi connectivity index (χ3n) is 5.19. The molecule has 166 valence electrons. The van der Waals surface area contributed by atoms with Crippen LogP contribution in [-0.4, -0.2) is 50.5 Å². The molecule has 7 nitrogen and oxygen atoms in total. The monoisotopic (exact) mass is 426 g/mol. The molecule has 0 saturated heterocycles. The maximum Gasteiger partial charge on any atom is 0.225 e. The van der Waals surface area contributed by atoms with Crippen molar-refractivity contribution in [3.8, 4) is 17.2 Å². The van der Waals surface area contributed by atoms with E-state index in [1.54, 1.807) is 21.3 Å². The standard InChI is InChI=1S/C24H30N2O5/c1-16(2)24(27)26(14-17-7-6-8-19(11-17)28-3)15-20-13-21(25-31-20)18-9-10-22(29-4)23(12-18)30-5/h6-12,16,20H,13-15H2,1-5H3/t20-/m1/s1. The first-order chi connectivity index (χ1) is 14.9. The number of benzene rings is 2. The molecule has 1 aliphatic rings. The Morgan fingerprint density at radius 1 is 1.10 bits per heavy atom. The van der Waals surface area contributed by atoms with Crippen LogP contribution in [0.5, 0.6) is 17.2 Å². The van der Waals surface area contributed by atoms with Gasteiger partial charge in [-0.2, -0.15) is 0 Å². The molecule has 31 heavy (non-hydrogen) atoms. The average Bonchev–Trinajstić information content (AvgIpc) is 3.26. The number of methoxy groups -OCH3 is 3. The van der Waals surface area contributed by atoms with E-state index in [9.17, 15) is 4.79 Å². The number of carbonyl (C=O) groups excluding carboxylic acids is 1. The molecule has 0 fully saturated rings. The van der Waals surface area contributed by atoms with Gasteiger partial charge in [-0.25, -0.2) is 0 Å². The number of nitrogens with zero attached hydrogens (tertiary/aromatic N) is 2. The molecule has 0 aliphatic carbocycles. The average molecular weight is 427 g/mol. The second kappa shape index (κ2) is 10.2. The lowest BCUT2D eigenvalue weighted by Crippen LogP contribution is -2.39. The Labute approximate surface area is 183 Å². The Hall–Kier alpha value is -3.22. The van der Waals surface area contributed by atoms with Crippen LogP contribution >= 0.6 is 0 Å². The molecule has 0 bridgehead atoms. The van der Waals surface area contributed by atoms with Crippen molar-refractivity contribution >= 4 is 11.6 Å². The molecule has 0 saturated carbocycles. The molecular weight excluding hydrogens is 396 g/mol. The van der Waals surface area contributed by atoms with E-state index in [1.807, 2.05) is 61.2 Å². The van der Waals surface area contributed by atoms with Crippen LogP contribution in [0.4, 0.5) is 0 Å². The van der Waals surface area contributed by atoms with Crippen LogP contribution < -0.4 is 14.2 Å². The normalized spacial score (nSPS) is 15.3. The lowest BCUT2D eigenvalue weighted by Gasteiger charge is -2.26. The zero-order chi connectivity index (χ0) is 22.4. The van der Waals surface area contributed by atoms with E-state index < -0.39 is 0 Å². The van der Waals surface area contributed by atoms with Crippen LogP contribution in [0.2, 0.25) is 0 Å². The van der Waals surface area contributed by atoms with Gasteiger partial charge < -0.3 is 23.9 Å². The molecule has 0 radical (unpaired) electrons. The van der Waals surface area contributed by atoms with Gasteiger partial charge in [0.25, 0.3) is 0 Å². The molecule has 1 heterocycles. The van der Waals surface area contributed by atoms with E-state index >= 15 is 0 Å². The van der Waals surface area contributed by atoms with Crippen molar-refractivity contribution in [2.75, 3.05) is 27.9 Å². The van der Waals surface area contributed by atoms with Crippen LogP contribution in [0.1, 0.15) is 31.4 Å². The smallest absolute Gasteiger partial charge is 0.225 e. The van der Waals surface area contributed by atoms with Crippen molar-refractivity contribution in [1.82, 2.24) is 4.90 Å². The summed E-state index contributed by atoms with van der Waals surface area (Å²) in [6.45, 7) is 4.75. The second-order valence-corrected chi connectivity index (χ2v) is 7.76. The number of ether oxygens (including phenoxy) is 3. The summed E-state index contributed by atoms with van der Waals surface area (Å²) in [5, 5.41) is 4.27. The van der Waals surface area contributed by atoms with E-state index in [1.165, 1.54) is 0 Å². The largest absolute Gasteiger partial charge is 0.497 e. The van der Waals surface area contributed by atoms with E-state index in [0.29, 0.717) is 31.0 Å². The summed E-state index contributed by atoms with van der Waals surface area (Å²) in [6.07, 6.45) is 0.395. The molecule has 1 atom stereocenters. The Morgan fingerprint density at radius 3 is 2.55 bits per heavy atom. The molecule has 0 N–H and O–H groups in total. The quantitative estimate of drug-likeness (QED) is 0.608. The Balaban J connectivity index is 1.71. The summed E-state index contributed by atoms with van der Waals surface area (Å²) in [5.74, 6) is 2.03. The number of oxime groups is 1. The van der Waals surface area contributed by atoms with Crippen molar-refractivity contribution < 1.29 is 23.8 Å². The van der Waals surface area contributed by atoms with Gasteiger partial charge in [-0.1, -0.05) is 31.1 Å². The van der Waals surface area contributed by atoms with Gasteiger partial charge in [0.05, 0.1) is 33.6 Å². The molecule has 0 unspecified atom stereocenters. The van der Waals surface area contributed by atoms with Crippen molar-refractivity contribution in [3.63, 3.8) is 0 Å². The predicted octanol–water partition coefficient (Wildman–Crippen LogP) is 3.89. The molecule has 2 aromatic carbocycles. The van der Waals surface area contributed by atoms with Gasteiger partial charge in [-0.3, -0.25) is 4.79 Å². The third kappa shape index (κ3) is 5.48. The molecule has 7 heteroatoms. The Bertz CT molecular complexity index is 941. The van der Waals surface area contributed by atoms with Crippen LogP contribution in [0.3, 0.4) is 0 Å². The minimum absolute atomic E-state index is 0.0750. The summed E-state index contributed by atoms with van der Waals surface area (Å²) in [5.41, 5.74) is 2.74. The molecule has 0 spiro atoms. The molecule has 1 amide bonds. The summed E-state index contributed by atoms with van der Waals surface area (Å²) in [6, 6.07) is 13.4. The lowest BCUT2D eigenvalue weighted by atomic mass is 10.0. The van der Waals surface area contributed by atoms with Gasteiger partial charge in [0.2, 0.25) is 5.91 Å². The first-order valence-corrected chi connectivity index (χ1v) is 10.3. The minimum Gasteiger partial charge on any atom is -0.497 e. The van der Waals surface area contributed by atoms with E-state index in [4.69, 9.17) is 19.0 Å². The van der Waals surface area contributed by atoms with Crippen LogP contribution in [0, 0.1) is 5.92 Å². The SMILES string of the molecule is COc1cccc(CN(C[C@H]2CC(c3ccc(OC)c(OC)c3)=NO2)C(=O)C(C)C)c1. The highest BCUT2D eigenvalue weighted by molar-refractivity contribution is 6.01. The van der Waals surface area contributed by atoms with Gasteiger partial charge in [0.15, 0.2) is 17.6 Å². The first-order valence-electron chi connectivity index (χ1n) is 10.3. The summed E-state index contributed by atoms with van der Waals surface area (Å²) in [4.78, 5) is 20.4. The number of rotatable bonds is 9. The third-order valence-corrected chi connectivity index (χ3v) is 5.19. The van der Waals surface area contributed by atoms with Crippen LogP contribution in [0.25, 0.3) is 0 Å². The maximum absolute atomic E-state index is 12.9. The van der Waals surface area contributed by atoms with Crippen molar-refractivity contribution in [2.45, 2.75) is 32.9 Å². The van der Waals surface area contributed by atoms with Crippen molar-refractivity contribution in [3.05, 3.63) is 53.6 Å². The summed E-state index contributed by atoms with van der Waals surface area (Å²) < 4.78 is 16.0. The summed E-state index contributed by atoms with van der Waals surface area (Å²) in [7, 11) is 4.84.